The van der Waals surface area contributed by atoms with Crippen molar-refractivity contribution in [3.05, 3.63) is 29.3 Å². The van der Waals surface area contributed by atoms with Gasteiger partial charge in [0.2, 0.25) is 0 Å². The van der Waals surface area contributed by atoms with Crippen LogP contribution in [0.3, 0.4) is 0 Å². The van der Waals surface area contributed by atoms with Crippen molar-refractivity contribution in [3.8, 4) is 5.75 Å². The molecule has 0 saturated carbocycles. The van der Waals surface area contributed by atoms with Crippen molar-refractivity contribution in [2.45, 2.75) is 31.6 Å². The molecule has 1 aromatic rings. The van der Waals surface area contributed by atoms with Crippen molar-refractivity contribution in [1.29, 1.82) is 0 Å². The molecule has 2 rings (SSSR count). The van der Waals surface area contributed by atoms with E-state index in [0.29, 0.717) is 12.5 Å². The molecule has 2 N–H and O–H groups in total. The summed E-state index contributed by atoms with van der Waals surface area (Å²) < 4.78 is 10.8. The lowest BCUT2D eigenvalue weighted by Gasteiger charge is -2.42. The van der Waals surface area contributed by atoms with Crippen LogP contribution in [0.2, 0.25) is 0 Å². The van der Waals surface area contributed by atoms with E-state index in [1.54, 1.807) is 7.11 Å². The Balaban J connectivity index is 2.36. The molecule has 0 radical (unpaired) electrons. The molecule has 1 saturated heterocycles. The minimum absolute atomic E-state index is 0.130. The highest BCUT2D eigenvalue weighted by molar-refractivity contribution is 5.42. The first-order valence-corrected chi connectivity index (χ1v) is 6.59. The molecular formula is C15H23NO2. The van der Waals surface area contributed by atoms with Gasteiger partial charge in [0, 0.05) is 5.41 Å². The smallest absolute Gasteiger partial charge is 0.122 e. The fraction of sp³-hybridized carbons (Fsp3) is 0.600. The highest BCUT2D eigenvalue weighted by atomic mass is 16.5. The van der Waals surface area contributed by atoms with Crippen molar-refractivity contribution in [2.24, 2.45) is 5.73 Å². The van der Waals surface area contributed by atoms with Crippen LogP contribution in [0, 0.1) is 0 Å². The molecule has 0 unspecified atom stereocenters. The SMILES string of the molecule is COc1ccc(C2(CCN)COC2)cc1C(C)C. The monoisotopic (exact) mass is 249 g/mol. The molecule has 0 spiro atoms. The molecule has 0 aromatic heterocycles. The Kier molecular flexibility index (Phi) is 3.93. The average molecular weight is 249 g/mol. The highest BCUT2D eigenvalue weighted by Gasteiger charge is 2.39. The lowest BCUT2D eigenvalue weighted by Crippen LogP contribution is -2.48. The molecular weight excluding hydrogens is 226 g/mol. The van der Waals surface area contributed by atoms with Crippen LogP contribution in [-0.4, -0.2) is 26.9 Å². The maximum absolute atomic E-state index is 5.74. The molecule has 0 bridgehead atoms. The van der Waals surface area contributed by atoms with Crippen LogP contribution in [0.5, 0.6) is 5.75 Å². The summed E-state index contributed by atoms with van der Waals surface area (Å²) in [6.45, 7) is 6.65. The van der Waals surface area contributed by atoms with Gasteiger partial charge in [-0.1, -0.05) is 26.0 Å². The summed E-state index contributed by atoms with van der Waals surface area (Å²) in [6.07, 6.45) is 0.983. The van der Waals surface area contributed by atoms with Crippen LogP contribution in [0.15, 0.2) is 18.2 Å². The Morgan fingerprint density at radius 2 is 2.11 bits per heavy atom. The third-order valence-corrected chi connectivity index (χ3v) is 3.84. The Labute approximate surface area is 109 Å². The first-order valence-electron chi connectivity index (χ1n) is 6.59. The van der Waals surface area contributed by atoms with E-state index in [0.717, 1.165) is 25.4 Å². The second-order valence-electron chi connectivity index (χ2n) is 5.42. The maximum atomic E-state index is 5.74. The summed E-state index contributed by atoms with van der Waals surface area (Å²) in [6, 6.07) is 6.49. The zero-order valence-corrected chi connectivity index (χ0v) is 11.5. The van der Waals surface area contributed by atoms with Crippen LogP contribution >= 0.6 is 0 Å². The maximum Gasteiger partial charge on any atom is 0.122 e. The van der Waals surface area contributed by atoms with Gasteiger partial charge in [0.05, 0.1) is 20.3 Å². The van der Waals surface area contributed by atoms with Gasteiger partial charge >= 0.3 is 0 Å². The van der Waals surface area contributed by atoms with Gasteiger partial charge in [0.25, 0.3) is 0 Å². The van der Waals surface area contributed by atoms with E-state index in [4.69, 9.17) is 15.2 Å². The fourth-order valence-electron chi connectivity index (χ4n) is 2.60. The predicted octanol–water partition coefficient (Wildman–Crippen LogP) is 2.44. The first kappa shape index (κ1) is 13.4. The largest absolute Gasteiger partial charge is 0.496 e. The van der Waals surface area contributed by atoms with Crippen LogP contribution in [-0.2, 0) is 10.2 Å². The standard InChI is InChI=1S/C15H23NO2/c1-11(2)13-8-12(4-5-14(13)17-3)15(6-7-16)9-18-10-15/h4-5,8,11H,6-7,9-10,16H2,1-3H3. The Bertz CT molecular complexity index is 411. The number of ether oxygens (including phenoxy) is 2. The molecule has 0 amide bonds. The van der Waals surface area contributed by atoms with E-state index >= 15 is 0 Å². The van der Waals surface area contributed by atoms with Gasteiger partial charge in [-0.05, 0) is 36.1 Å². The van der Waals surface area contributed by atoms with Crippen molar-refractivity contribution in [1.82, 2.24) is 0 Å². The molecule has 1 heterocycles. The van der Waals surface area contributed by atoms with Gasteiger partial charge in [-0.2, -0.15) is 0 Å². The number of rotatable bonds is 5. The van der Waals surface area contributed by atoms with Gasteiger partial charge < -0.3 is 15.2 Å². The van der Waals surface area contributed by atoms with Crippen molar-refractivity contribution in [3.63, 3.8) is 0 Å². The zero-order valence-electron chi connectivity index (χ0n) is 11.5. The minimum Gasteiger partial charge on any atom is -0.496 e. The topological polar surface area (TPSA) is 44.5 Å². The summed E-state index contributed by atoms with van der Waals surface area (Å²) >= 11 is 0. The molecule has 0 atom stereocenters. The minimum atomic E-state index is 0.130. The lowest BCUT2D eigenvalue weighted by molar-refractivity contribution is -0.0631. The molecule has 1 fully saturated rings. The molecule has 3 nitrogen and oxygen atoms in total. The Hall–Kier alpha value is -1.06. The third kappa shape index (κ3) is 2.25. The highest BCUT2D eigenvalue weighted by Crippen LogP contribution is 2.38. The zero-order chi connectivity index (χ0) is 13.2. The van der Waals surface area contributed by atoms with Crippen molar-refractivity contribution < 1.29 is 9.47 Å². The number of methoxy groups -OCH3 is 1. The molecule has 1 aromatic carbocycles. The summed E-state index contributed by atoms with van der Waals surface area (Å²) in [7, 11) is 1.73. The molecule has 3 heteroatoms. The van der Waals surface area contributed by atoms with Crippen molar-refractivity contribution >= 4 is 0 Å². The Morgan fingerprint density at radius 1 is 1.39 bits per heavy atom. The molecule has 1 aliphatic heterocycles. The Morgan fingerprint density at radius 3 is 2.56 bits per heavy atom. The lowest BCUT2D eigenvalue weighted by atomic mass is 9.75. The number of nitrogens with two attached hydrogens (primary N) is 1. The van der Waals surface area contributed by atoms with Crippen molar-refractivity contribution in [2.75, 3.05) is 26.9 Å². The van der Waals surface area contributed by atoms with E-state index < -0.39 is 0 Å². The molecule has 18 heavy (non-hydrogen) atoms. The number of benzene rings is 1. The predicted molar refractivity (Wildman–Crippen MR) is 73.3 cm³/mol. The second kappa shape index (κ2) is 5.29. The summed E-state index contributed by atoms with van der Waals surface area (Å²) in [5.74, 6) is 1.42. The second-order valence-corrected chi connectivity index (χ2v) is 5.42. The molecule has 100 valence electrons. The quantitative estimate of drug-likeness (QED) is 0.871. The average Bonchev–Trinajstić information content (AvgIpc) is 2.33. The van der Waals surface area contributed by atoms with E-state index in [1.807, 2.05) is 0 Å². The normalized spacial score (nSPS) is 17.6. The van der Waals surface area contributed by atoms with Gasteiger partial charge in [-0.15, -0.1) is 0 Å². The number of hydrogen-bond donors (Lipinski definition) is 1. The summed E-state index contributed by atoms with van der Waals surface area (Å²) in [5, 5.41) is 0. The van der Waals surface area contributed by atoms with Gasteiger partial charge in [0.15, 0.2) is 0 Å². The number of hydrogen-bond acceptors (Lipinski definition) is 3. The van der Waals surface area contributed by atoms with Crippen LogP contribution in [0.4, 0.5) is 0 Å². The summed E-state index contributed by atoms with van der Waals surface area (Å²) in [4.78, 5) is 0. The summed E-state index contributed by atoms with van der Waals surface area (Å²) in [5.41, 5.74) is 8.46. The van der Waals surface area contributed by atoms with Gasteiger partial charge in [-0.3, -0.25) is 0 Å². The van der Waals surface area contributed by atoms with Crippen LogP contribution in [0.25, 0.3) is 0 Å². The third-order valence-electron chi connectivity index (χ3n) is 3.84. The van der Waals surface area contributed by atoms with Crippen LogP contribution < -0.4 is 10.5 Å². The van der Waals surface area contributed by atoms with Gasteiger partial charge in [0.1, 0.15) is 5.75 Å². The van der Waals surface area contributed by atoms with E-state index in [2.05, 4.69) is 32.0 Å². The van der Waals surface area contributed by atoms with E-state index in [-0.39, 0.29) is 5.41 Å². The van der Waals surface area contributed by atoms with Gasteiger partial charge in [-0.25, -0.2) is 0 Å². The first-order chi connectivity index (χ1) is 8.63. The van der Waals surface area contributed by atoms with E-state index in [1.165, 1.54) is 11.1 Å². The molecule has 1 aliphatic rings. The fourth-order valence-corrected chi connectivity index (χ4v) is 2.60. The van der Waals surface area contributed by atoms with E-state index in [9.17, 15) is 0 Å². The molecule has 0 aliphatic carbocycles. The van der Waals surface area contributed by atoms with Crippen LogP contribution in [0.1, 0.15) is 37.3 Å².